The molecule has 73 heavy (non-hydrogen) atoms. The summed E-state index contributed by atoms with van der Waals surface area (Å²) in [4.78, 5) is 43.8. The van der Waals surface area contributed by atoms with Gasteiger partial charge in [0.15, 0.2) is 5.78 Å². The van der Waals surface area contributed by atoms with Crippen LogP contribution in [0.25, 0.3) is 64.7 Å². The number of hydrogen-bond donors (Lipinski definition) is 0. The number of fused-ring (bicyclic) bond motifs is 9. The maximum absolute atomic E-state index is 12.3. The number of likely N-dealkylation sites (N-methyl/N-ethyl adjacent to an activating group) is 1. The van der Waals surface area contributed by atoms with Crippen molar-refractivity contribution in [1.82, 2.24) is 14.5 Å². The minimum Gasteiger partial charge on any atom is -0.456 e. The zero-order valence-electron chi connectivity index (χ0n) is 42.1. The molecular weight excluding hydrogens is 921 g/mol. The van der Waals surface area contributed by atoms with Gasteiger partial charge in [0.2, 0.25) is 0 Å². The van der Waals surface area contributed by atoms with Gasteiger partial charge in [0.25, 0.3) is 11.8 Å². The fraction of sp³-hybridized carbons (Fsp3) is 0.156. The molecule has 9 heteroatoms. The van der Waals surface area contributed by atoms with Crippen LogP contribution in [0.4, 0.5) is 5.69 Å². The first-order chi connectivity index (χ1) is 35.4. The Hall–Kier alpha value is -8.40. The van der Waals surface area contributed by atoms with E-state index < -0.39 is 0 Å². The molecule has 0 fully saturated rings. The Morgan fingerprint density at radius 1 is 0.562 bits per heavy atom. The third kappa shape index (κ3) is 9.36. The summed E-state index contributed by atoms with van der Waals surface area (Å²) in [6.07, 6.45) is 8.07. The average molecular weight is 977 g/mol. The molecule has 0 saturated heterocycles. The quantitative estimate of drug-likeness (QED) is 0.152. The first-order valence-corrected chi connectivity index (χ1v) is 25.5. The Morgan fingerprint density at radius 3 is 1.90 bits per heavy atom. The molecule has 0 radical (unpaired) electrons. The number of imide groups is 1. The molecule has 5 heterocycles. The Kier molecular flexibility index (Phi) is 13.5. The van der Waals surface area contributed by atoms with Crippen molar-refractivity contribution in [3.8, 4) is 0 Å². The Morgan fingerprint density at radius 2 is 1.15 bits per heavy atom. The molecule has 362 valence electrons. The number of amides is 2. The number of allylic oxidation sites excluding steroid dienone is 2. The number of rotatable bonds is 1. The zero-order chi connectivity index (χ0) is 50.9. The van der Waals surface area contributed by atoms with Crippen molar-refractivity contribution in [1.29, 1.82) is 0 Å². The monoisotopic (exact) mass is 976 g/mol. The van der Waals surface area contributed by atoms with E-state index in [1.807, 2.05) is 105 Å². The van der Waals surface area contributed by atoms with E-state index in [0.29, 0.717) is 11.1 Å². The van der Waals surface area contributed by atoms with Crippen molar-refractivity contribution in [3.05, 3.63) is 226 Å². The number of anilines is 1. The van der Waals surface area contributed by atoms with Crippen molar-refractivity contribution in [2.45, 2.75) is 47.2 Å². The molecule has 3 aromatic heterocycles. The van der Waals surface area contributed by atoms with Crippen LogP contribution >= 0.6 is 11.3 Å². The largest absolute Gasteiger partial charge is 0.456 e. The highest BCUT2D eigenvalue weighted by atomic mass is 32.1. The van der Waals surface area contributed by atoms with Gasteiger partial charge in [-0.1, -0.05) is 126 Å². The summed E-state index contributed by atoms with van der Waals surface area (Å²) < 4.78 is 9.38. The first-order valence-electron chi connectivity index (χ1n) is 24.6. The smallest absolute Gasteiger partial charge is 0.261 e. The molecule has 0 bridgehead atoms. The van der Waals surface area contributed by atoms with E-state index in [-0.39, 0.29) is 29.6 Å². The van der Waals surface area contributed by atoms with Gasteiger partial charge < -0.3 is 13.9 Å². The summed E-state index contributed by atoms with van der Waals surface area (Å²) >= 11 is 1.76. The van der Waals surface area contributed by atoms with Gasteiger partial charge in [-0.3, -0.25) is 19.3 Å². The van der Waals surface area contributed by atoms with Crippen LogP contribution < -0.4 is 4.90 Å². The fourth-order valence-electron chi connectivity index (χ4n) is 10.2. The lowest BCUT2D eigenvalue weighted by Crippen LogP contribution is -2.45. The molecule has 8 aromatic carbocycles. The van der Waals surface area contributed by atoms with Crippen LogP contribution in [0.1, 0.15) is 59.7 Å². The van der Waals surface area contributed by atoms with Crippen LogP contribution in [0, 0.1) is 33.6 Å². The third-order valence-electron chi connectivity index (χ3n) is 13.8. The predicted molar refractivity (Wildman–Crippen MR) is 303 cm³/mol. The number of hydrogen-bond acceptors (Lipinski definition) is 7. The molecule has 14 rings (SSSR count). The molecule has 2 atom stereocenters. The van der Waals surface area contributed by atoms with Crippen LogP contribution in [0.15, 0.2) is 193 Å². The average Bonchev–Trinajstić information content (AvgIpc) is 4.09. The number of carbonyl (C=O) groups excluding carboxylic acids is 3. The molecule has 2 amide bonds. The lowest BCUT2D eigenvalue weighted by molar-refractivity contribution is 0.0650. The lowest BCUT2D eigenvalue weighted by Gasteiger charge is -2.38. The highest BCUT2D eigenvalue weighted by Crippen LogP contribution is 2.36. The number of ketones is 1. The normalized spacial score (nSPS) is 15.3. The van der Waals surface area contributed by atoms with Crippen LogP contribution in [0.5, 0.6) is 0 Å². The van der Waals surface area contributed by atoms with E-state index in [0.717, 1.165) is 55.2 Å². The summed E-state index contributed by atoms with van der Waals surface area (Å²) in [6.45, 7) is 11.6. The van der Waals surface area contributed by atoms with E-state index in [1.54, 1.807) is 23.5 Å². The Bertz CT molecular complexity index is 3930. The molecule has 3 aliphatic rings. The molecule has 2 aliphatic heterocycles. The van der Waals surface area contributed by atoms with Crippen LogP contribution in [0.3, 0.4) is 0 Å². The first kappa shape index (κ1) is 48.2. The van der Waals surface area contributed by atoms with E-state index in [1.165, 1.54) is 61.0 Å². The minimum atomic E-state index is -0.228. The third-order valence-corrected chi connectivity index (χ3v) is 14.7. The second kappa shape index (κ2) is 20.4. The molecule has 2 unspecified atom stereocenters. The second-order valence-corrected chi connectivity index (χ2v) is 20.0. The molecule has 0 N–H and O–H groups in total. The van der Waals surface area contributed by atoms with Crippen molar-refractivity contribution in [2.75, 3.05) is 19.0 Å². The van der Waals surface area contributed by atoms with E-state index in [2.05, 4.69) is 127 Å². The molecule has 0 saturated carbocycles. The summed E-state index contributed by atoms with van der Waals surface area (Å²) in [6, 6.07) is 55.1. The van der Waals surface area contributed by atoms with Crippen molar-refractivity contribution < 1.29 is 18.8 Å². The molecule has 0 spiro atoms. The Labute approximate surface area is 429 Å². The lowest BCUT2D eigenvalue weighted by atomic mass is 9.82. The number of para-hydroxylation sites is 3. The van der Waals surface area contributed by atoms with Gasteiger partial charge in [-0.15, -0.1) is 11.3 Å². The van der Waals surface area contributed by atoms with Gasteiger partial charge >= 0.3 is 0 Å². The van der Waals surface area contributed by atoms with E-state index in [4.69, 9.17) is 4.42 Å². The number of furan rings is 1. The second-order valence-electron chi connectivity index (χ2n) is 18.7. The molecule has 8 nitrogen and oxygen atoms in total. The van der Waals surface area contributed by atoms with Gasteiger partial charge in [0.05, 0.1) is 27.2 Å². The van der Waals surface area contributed by atoms with Crippen LogP contribution in [0.2, 0.25) is 0 Å². The highest BCUT2D eigenvalue weighted by Gasteiger charge is 2.36. The fourth-order valence-corrected chi connectivity index (χ4v) is 11.1. The SMILES string of the molecule is CCn1c2ccccc2c2cc(C)ccc21.CN1C(=O)c2cccc3cccc(c23)C1=O.CN1c2ccccc2C(=O)C2C=CC=CC21.Cc1ccc2nc(C)sc2c1.Cc1ccc2oc3ccccc3c2c1. The highest BCUT2D eigenvalue weighted by molar-refractivity contribution is 7.18. The number of aryl methyl sites for hydroxylation is 5. The van der Waals surface area contributed by atoms with Crippen molar-refractivity contribution >= 4 is 99.4 Å². The topological polar surface area (TPSA) is 88.7 Å². The number of carbonyl (C=O) groups is 3. The number of aromatic nitrogens is 2. The number of thiazole rings is 1. The van der Waals surface area contributed by atoms with Gasteiger partial charge in [0, 0.05) is 81.0 Å². The van der Waals surface area contributed by atoms with Crippen molar-refractivity contribution in [2.24, 2.45) is 5.92 Å². The minimum absolute atomic E-state index is 0.0232. The zero-order valence-corrected chi connectivity index (χ0v) is 42.9. The summed E-state index contributed by atoms with van der Waals surface area (Å²) in [5.74, 6) is -0.243. The number of benzene rings is 8. The van der Waals surface area contributed by atoms with Gasteiger partial charge in [0.1, 0.15) is 11.2 Å². The van der Waals surface area contributed by atoms with Gasteiger partial charge in [-0.05, 0) is 118 Å². The molecular formula is C64H56N4O4S. The van der Waals surface area contributed by atoms with Crippen molar-refractivity contribution in [3.63, 3.8) is 0 Å². The van der Waals surface area contributed by atoms with E-state index >= 15 is 0 Å². The summed E-state index contributed by atoms with van der Waals surface area (Å²) in [5, 5.41) is 8.00. The maximum atomic E-state index is 12.3. The van der Waals surface area contributed by atoms with Gasteiger partial charge in [-0.2, -0.15) is 0 Å². The number of Topliss-reactive ketones (excluding diaryl/α,β-unsaturated/α-hetero) is 1. The van der Waals surface area contributed by atoms with E-state index in [9.17, 15) is 14.4 Å². The maximum Gasteiger partial charge on any atom is 0.261 e. The van der Waals surface area contributed by atoms with Crippen LogP contribution in [-0.4, -0.2) is 52.2 Å². The summed E-state index contributed by atoms with van der Waals surface area (Å²) in [5.41, 5.74) is 12.7. The Balaban J connectivity index is 0.000000105. The van der Waals surface area contributed by atoms with Crippen LogP contribution in [-0.2, 0) is 6.54 Å². The standard InChI is InChI=1S/C15H15N.C14H13NO.C13H9NO2.C13H10O.C9H9NS/c1-3-16-14-7-5-4-6-12(14)13-10-11(2)8-9-15(13)16;1-15-12-8-4-2-6-10(12)14(16)11-7-3-5-9-13(11)15;1-14-12(15)9-6-2-4-8-5-3-7-10(11(8)9)13(14)16;1-9-6-7-13-11(8-9)10-4-2-3-5-12(10)14-13;1-6-3-4-8-9(5-6)11-7(2)10-8/h4-10H,3H2,1-2H3;2-10,12H,1H3;2-7H,1H3;2-8H,1H3;3-5H,1-2H3. The molecule has 1 aliphatic carbocycles. The number of nitrogens with zero attached hydrogens (tertiary/aromatic N) is 4. The summed E-state index contributed by atoms with van der Waals surface area (Å²) in [7, 11) is 3.56. The predicted octanol–water partition coefficient (Wildman–Crippen LogP) is 15.4. The molecule has 11 aromatic rings. The van der Waals surface area contributed by atoms with Gasteiger partial charge in [-0.25, -0.2) is 4.98 Å².